The molecule has 3 rings (SSSR count). The zero-order chi connectivity index (χ0) is 18.0. The van der Waals surface area contributed by atoms with Crippen LogP contribution >= 0.6 is 0 Å². The third-order valence-corrected chi connectivity index (χ3v) is 5.48. The number of nitrogens with one attached hydrogen (secondary N) is 1. The molecule has 1 N–H and O–H groups in total. The van der Waals surface area contributed by atoms with Gasteiger partial charge in [-0.05, 0) is 43.2 Å². The highest BCUT2D eigenvalue weighted by Crippen LogP contribution is 2.28. The van der Waals surface area contributed by atoms with E-state index in [-0.39, 0.29) is 22.9 Å². The molecule has 1 aliphatic heterocycles. The van der Waals surface area contributed by atoms with Crippen molar-refractivity contribution in [2.45, 2.75) is 24.3 Å². The molecule has 4 nitrogen and oxygen atoms in total. The van der Waals surface area contributed by atoms with Crippen molar-refractivity contribution in [3.63, 3.8) is 0 Å². The Bertz CT molecular complexity index is 879. The van der Waals surface area contributed by atoms with Gasteiger partial charge < -0.3 is 10.2 Å². The zero-order valence-electron chi connectivity index (χ0n) is 13.9. The summed E-state index contributed by atoms with van der Waals surface area (Å²) in [5.41, 5.74) is 1.44. The van der Waals surface area contributed by atoms with Crippen LogP contribution in [0.25, 0.3) is 0 Å². The van der Waals surface area contributed by atoms with Gasteiger partial charge in [-0.15, -0.1) is 0 Å². The van der Waals surface area contributed by atoms with Crippen molar-refractivity contribution in [1.82, 2.24) is 0 Å². The monoisotopic (exact) mass is 366 g/mol. The Morgan fingerprint density at radius 3 is 2.44 bits per heavy atom. The number of rotatable bonds is 5. The first-order valence-corrected chi connectivity index (χ1v) is 10.0. The number of sulfone groups is 1. The molecule has 2 aromatic carbocycles. The molecule has 0 atom stereocenters. The summed E-state index contributed by atoms with van der Waals surface area (Å²) in [6, 6.07) is 8.61. The molecule has 1 fully saturated rings. The first kappa shape index (κ1) is 17.7. The number of halogens is 2. The predicted octanol–water partition coefficient (Wildman–Crippen LogP) is 3.58. The smallest absolute Gasteiger partial charge is 0.175 e. The fourth-order valence-corrected chi connectivity index (χ4v) is 3.66. The fourth-order valence-electron chi connectivity index (χ4n) is 3.03. The third-order valence-electron chi connectivity index (χ3n) is 4.37. The van der Waals surface area contributed by atoms with Gasteiger partial charge >= 0.3 is 0 Å². The van der Waals surface area contributed by atoms with E-state index in [4.69, 9.17) is 0 Å². The van der Waals surface area contributed by atoms with Crippen molar-refractivity contribution in [1.29, 1.82) is 0 Å². The Balaban J connectivity index is 1.82. The van der Waals surface area contributed by atoms with Crippen molar-refractivity contribution >= 4 is 21.2 Å². The van der Waals surface area contributed by atoms with E-state index in [1.165, 1.54) is 18.2 Å². The minimum absolute atomic E-state index is 0.0841. The summed E-state index contributed by atoms with van der Waals surface area (Å²) in [7, 11) is -3.47. The van der Waals surface area contributed by atoms with Gasteiger partial charge in [0.25, 0.3) is 0 Å². The van der Waals surface area contributed by atoms with Crippen LogP contribution in [0.3, 0.4) is 0 Å². The van der Waals surface area contributed by atoms with E-state index < -0.39 is 15.7 Å². The van der Waals surface area contributed by atoms with E-state index >= 15 is 0 Å². The summed E-state index contributed by atoms with van der Waals surface area (Å²) in [4.78, 5) is 2.04. The number of hydrogen-bond acceptors (Lipinski definition) is 4. The quantitative estimate of drug-likeness (QED) is 0.879. The first-order valence-electron chi connectivity index (χ1n) is 8.12. The van der Waals surface area contributed by atoms with Crippen LogP contribution in [0.4, 0.5) is 20.2 Å². The minimum Gasteiger partial charge on any atom is -0.378 e. The average molecular weight is 366 g/mol. The van der Waals surface area contributed by atoms with Crippen LogP contribution in [0.2, 0.25) is 0 Å². The number of anilines is 2. The van der Waals surface area contributed by atoms with Crippen molar-refractivity contribution < 1.29 is 17.2 Å². The molecule has 0 saturated carbocycles. The van der Waals surface area contributed by atoms with Crippen LogP contribution in [-0.4, -0.2) is 27.8 Å². The molecule has 0 amide bonds. The minimum atomic E-state index is -3.47. The van der Waals surface area contributed by atoms with Gasteiger partial charge in [0.15, 0.2) is 9.84 Å². The average Bonchev–Trinajstić information content (AvgIpc) is 3.08. The van der Waals surface area contributed by atoms with E-state index in [2.05, 4.69) is 10.2 Å². The Hall–Kier alpha value is -2.15. The van der Waals surface area contributed by atoms with Gasteiger partial charge in [0.2, 0.25) is 0 Å². The predicted molar refractivity (Wildman–Crippen MR) is 94.7 cm³/mol. The molecule has 1 saturated heterocycles. The number of benzene rings is 2. The largest absolute Gasteiger partial charge is 0.378 e. The number of hydrogen-bond donors (Lipinski definition) is 1. The molecular formula is C18H20F2N2O2S. The van der Waals surface area contributed by atoms with Crippen molar-refractivity contribution in [2.24, 2.45) is 0 Å². The lowest BCUT2D eigenvalue weighted by Crippen LogP contribution is -2.20. The second-order valence-corrected chi connectivity index (χ2v) is 8.21. The van der Waals surface area contributed by atoms with E-state index in [0.717, 1.165) is 43.9 Å². The van der Waals surface area contributed by atoms with Crippen molar-refractivity contribution in [3.8, 4) is 0 Å². The molecule has 25 heavy (non-hydrogen) atoms. The normalized spacial score (nSPS) is 14.8. The van der Waals surface area contributed by atoms with E-state index in [9.17, 15) is 17.2 Å². The second-order valence-electron chi connectivity index (χ2n) is 6.20. The van der Waals surface area contributed by atoms with Gasteiger partial charge in [-0.1, -0.05) is 6.07 Å². The maximum Gasteiger partial charge on any atom is 0.175 e. The lowest BCUT2D eigenvalue weighted by atomic mass is 10.1. The third kappa shape index (κ3) is 3.92. The van der Waals surface area contributed by atoms with Crippen molar-refractivity contribution in [3.05, 3.63) is 53.6 Å². The highest BCUT2D eigenvalue weighted by Gasteiger charge is 2.18. The molecule has 0 spiro atoms. The molecule has 0 radical (unpaired) electrons. The zero-order valence-corrected chi connectivity index (χ0v) is 14.7. The summed E-state index contributed by atoms with van der Waals surface area (Å²) >= 11 is 0. The van der Waals surface area contributed by atoms with Gasteiger partial charge in [0, 0.05) is 37.1 Å². The topological polar surface area (TPSA) is 49.4 Å². The van der Waals surface area contributed by atoms with Crippen LogP contribution in [0, 0.1) is 11.6 Å². The molecule has 2 aromatic rings. The molecule has 0 aliphatic carbocycles. The molecular weight excluding hydrogens is 346 g/mol. The van der Waals surface area contributed by atoms with E-state index in [0.29, 0.717) is 5.56 Å². The summed E-state index contributed by atoms with van der Waals surface area (Å²) in [5.74, 6) is -1.02. The maximum absolute atomic E-state index is 14.3. The van der Waals surface area contributed by atoms with Crippen LogP contribution in [0.15, 0.2) is 41.3 Å². The van der Waals surface area contributed by atoms with Crippen LogP contribution in [-0.2, 0) is 16.4 Å². The maximum atomic E-state index is 14.3. The highest BCUT2D eigenvalue weighted by molar-refractivity contribution is 7.90. The van der Waals surface area contributed by atoms with Gasteiger partial charge in [0.1, 0.15) is 11.6 Å². The second kappa shape index (κ2) is 7.00. The molecule has 134 valence electrons. The standard InChI is InChI=1S/C18H20F2N2O2S/c1-25(23,24)13-7-8-17(16(20)11-13)21-12-14-15(19)5-4-6-18(14)22-9-2-3-10-22/h4-8,11,21H,2-3,9-10,12H2,1H3. The van der Waals surface area contributed by atoms with Crippen LogP contribution in [0.5, 0.6) is 0 Å². The molecule has 1 aliphatic rings. The van der Waals surface area contributed by atoms with Crippen LogP contribution < -0.4 is 10.2 Å². The Kier molecular flexibility index (Phi) is 4.94. The Morgan fingerprint density at radius 2 is 1.80 bits per heavy atom. The Morgan fingerprint density at radius 1 is 1.08 bits per heavy atom. The van der Waals surface area contributed by atoms with Gasteiger partial charge in [0.05, 0.1) is 10.6 Å². The first-order chi connectivity index (χ1) is 11.9. The van der Waals surface area contributed by atoms with Gasteiger partial charge in [-0.2, -0.15) is 0 Å². The lowest BCUT2D eigenvalue weighted by molar-refractivity contribution is 0.596. The fraction of sp³-hybridized carbons (Fsp3) is 0.333. The Labute approximate surface area is 146 Å². The van der Waals surface area contributed by atoms with E-state index in [1.54, 1.807) is 6.07 Å². The SMILES string of the molecule is CS(=O)(=O)c1ccc(NCc2c(F)cccc2N2CCCC2)c(F)c1. The van der Waals surface area contributed by atoms with Gasteiger partial charge in [-0.3, -0.25) is 0 Å². The highest BCUT2D eigenvalue weighted by atomic mass is 32.2. The number of nitrogens with zero attached hydrogens (tertiary/aromatic N) is 1. The molecule has 0 unspecified atom stereocenters. The summed E-state index contributed by atoms with van der Waals surface area (Å²) in [6.45, 7) is 1.88. The van der Waals surface area contributed by atoms with Crippen molar-refractivity contribution in [2.75, 3.05) is 29.6 Å². The van der Waals surface area contributed by atoms with Gasteiger partial charge in [-0.25, -0.2) is 17.2 Å². The van der Waals surface area contributed by atoms with E-state index in [1.807, 2.05) is 6.07 Å². The summed E-state index contributed by atoms with van der Waals surface area (Å²) < 4.78 is 51.4. The molecule has 0 bridgehead atoms. The molecule has 0 aromatic heterocycles. The lowest BCUT2D eigenvalue weighted by Gasteiger charge is -2.22. The molecule has 1 heterocycles. The summed E-state index contributed by atoms with van der Waals surface area (Å²) in [5, 5.41) is 2.88. The summed E-state index contributed by atoms with van der Waals surface area (Å²) in [6.07, 6.45) is 3.17. The molecule has 7 heteroatoms. The van der Waals surface area contributed by atoms with Crippen LogP contribution in [0.1, 0.15) is 18.4 Å².